The Bertz CT molecular complexity index is 1010. The molecule has 0 saturated carbocycles. The molecule has 0 unspecified atom stereocenters. The minimum Gasteiger partial charge on any atom is -0.322 e. The van der Waals surface area contributed by atoms with Crippen LogP contribution in [0.2, 0.25) is 0 Å². The molecule has 0 heterocycles. The van der Waals surface area contributed by atoms with Crippen LogP contribution in [0.1, 0.15) is 37.8 Å². The first-order valence-electron chi connectivity index (χ1n) is 9.68. The molecule has 146 valence electrons. The first-order chi connectivity index (χ1) is 14.0. The summed E-state index contributed by atoms with van der Waals surface area (Å²) in [6, 6.07) is 17.8. The summed E-state index contributed by atoms with van der Waals surface area (Å²) in [4.78, 5) is 12.5. The topological polar surface area (TPSA) is 53.8 Å². The van der Waals surface area contributed by atoms with Crippen molar-refractivity contribution >= 4 is 23.0 Å². The van der Waals surface area contributed by atoms with Crippen LogP contribution in [0.4, 0.5) is 5.69 Å². The summed E-state index contributed by atoms with van der Waals surface area (Å²) >= 11 is 0. The van der Waals surface area contributed by atoms with Gasteiger partial charge < -0.3 is 5.32 Å². The number of carbonyl (C=O) groups is 1. The van der Waals surface area contributed by atoms with E-state index in [9.17, 15) is 4.79 Å². The molecule has 2 aromatic rings. The van der Waals surface area contributed by atoms with Gasteiger partial charge in [-0.3, -0.25) is 4.79 Å². The van der Waals surface area contributed by atoms with Gasteiger partial charge in [0.05, 0.1) is 11.4 Å². The van der Waals surface area contributed by atoms with Crippen molar-refractivity contribution in [2.45, 2.75) is 26.7 Å². The van der Waals surface area contributed by atoms with Crippen LogP contribution in [-0.2, 0) is 4.79 Å². The molecule has 1 aliphatic rings. The van der Waals surface area contributed by atoms with Crippen LogP contribution >= 0.6 is 0 Å². The molecule has 4 heteroatoms. The number of carbonyl (C=O) groups excluding carboxylic acids is 1. The zero-order valence-corrected chi connectivity index (χ0v) is 17.0. The molecule has 1 amide bonds. The molecule has 0 spiro atoms. The van der Waals surface area contributed by atoms with E-state index in [0.717, 1.165) is 17.0 Å². The summed E-state index contributed by atoms with van der Waals surface area (Å²) in [6.45, 7) is 6.20. The Morgan fingerprint density at radius 3 is 2.34 bits per heavy atom. The molecule has 2 aromatic carbocycles. The quantitative estimate of drug-likeness (QED) is 0.404. The number of nitrogens with zero attached hydrogens (tertiary/aromatic N) is 2. The second-order valence-electron chi connectivity index (χ2n) is 7.12. The minimum atomic E-state index is -0.200. The minimum absolute atomic E-state index is 0.200. The fourth-order valence-electron chi connectivity index (χ4n) is 2.84. The molecule has 0 fully saturated rings. The van der Waals surface area contributed by atoms with Crippen molar-refractivity contribution in [2.24, 2.45) is 10.2 Å². The third-order valence-corrected chi connectivity index (χ3v) is 4.57. The van der Waals surface area contributed by atoms with Gasteiger partial charge >= 0.3 is 0 Å². The van der Waals surface area contributed by atoms with Crippen LogP contribution in [0, 0.1) is 0 Å². The molecule has 29 heavy (non-hydrogen) atoms. The van der Waals surface area contributed by atoms with Gasteiger partial charge in [-0.05, 0) is 42.2 Å². The Labute approximate surface area is 172 Å². The van der Waals surface area contributed by atoms with Crippen LogP contribution in [0.15, 0.2) is 101 Å². The van der Waals surface area contributed by atoms with E-state index in [1.165, 1.54) is 5.56 Å². The smallest absolute Gasteiger partial charge is 0.249 e. The normalized spacial score (nSPS) is 16.6. The molecule has 3 rings (SSSR count). The van der Waals surface area contributed by atoms with Crippen LogP contribution in [-0.4, -0.2) is 17.3 Å². The van der Waals surface area contributed by atoms with Crippen LogP contribution in [0.5, 0.6) is 0 Å². The lowest BCUT2D eigenvalue weighted by Crippen LogP contribution is -2.11. The SMILES string of the molecule is CC(=N/N=C1/C=CC=C/C1=C\C(=O)Nc1ccc(C(C)C)cc1)c1ccccc1. The van der Waals surface area contributed by atoms with E-state index in [4.69, 9.17) is 0 Å². The first-order valence-corrected chi connectivity index (χ1v) is 9.68. The van der Waals surface area contributed by atoms with Gasteiger partial charge in [0.15, 0.2) is 0 Å². The third-order valence-electron chi connectivity index (χ3n) is 4.57. The van der Waals surface area contributed by atoms with E-state index in [1.54, 1.807) is 6.08 Å². The lowest BCUT2D eigenvalue weighted by molar-refractivity contribution is -0.111. The Balaban J connectivity index is 1.75. The number of hydrogen-bond acceptors (Lipinski definition) is 3. The van der Waals surface area contributed by atoms with Gasteiger partial charge in [-0.1, -0.05) is 74.5 Å². The number of benzene rings is 2. The molecule has 0 bridgehead atoms. The maximum atomic E-state index is 12.5. The van der Waals surface area contributed by atoms with Gasteiger partial charge in [0, 0.05) is 17.3 Å². The molecule has 4 nitrogen and oxygen atoms in total. The highest BCUT2D eigenvalue weighted by Crippen LogP contribution is 2.17. The molecular formula is C25H25N3O. The van der Waals surface area contributed by atoms with Crippen molar-refractivity contribution < 1.29 is 4.79 Å². The monoisotopic (exact) mass is 383 g/mol. The maximum absolute atomic E-state index is 12.5. The van der Waals surface area contributed by atoms with Gasteiger partial charge in [0.25, 0.3) is 0 Å². The van der Waals surface area contributed by atoms with E-state index in [-0.39, 0.29) is 5.91 Å². The van der Waals surface area contributed by atoms with Gasteiger partial charge in [-0.25, -0.2) is 0 Å². The molecule has 1 N–H and O–H groups in total. The summed E-state index contributed by atoms with van der Waals surface area (Å²) in [5.41, 5.74) is 5.20. The van der Waals surface area contributed by atoms with Crippen molar-refractivity contribution in [3.63, 3.8) is 0 Å². The van der Waals surface area contributed by atoms with Crippen LogP contribution in [0.25, 0.3) is 0 Å². The van der Waals surface area contributed by atoms with Gasteiger partial charge in [-0.2, -0.15) is 10.2 Å². The van der Waals surface area contributed by atoms with Crippen LogP contribution in [0.3, 0.4) is 0 Å². The summed E-state index contributed by atoms with van der Waals surface area (Å²) in [6.07, 6.45) is 9.00. The maximum Gasteiger partial charge on any atom is 0.249 e. The number of anilines is 1. The molecule has 1 aliphatic carbocycles. The Morgan fingerprint density at radius 1 is 0.966 bits per heavy atom. The highest BCUT2D eigenvalue weighted by atomic mass is 16.1. The molecular weight excluding hydrogens is 358 g/mol. The highest BCUT2D eigenvalue weighted by molar-refractivity contribution is 6.16. The standard InChI is InChI=1S/C25H25N3O/c1-18(2)20-13-15-23(16-14-20)26-25(29)17-22-11-7-8-12-24(22)28-27-19(3)21-9-5-4-6-10-21/h4-18H,1-3H3,(H,26,29)/b22-17+,27-19?,28-24-. The molecule has 0 radical (unpaired) electrons. The average Bonchev–Trinajstić information content (AvgIpc) is 2.74. The lowest BCUT2D eigenvalue weighted by atomic mass is 10.0. The molecule has 0 aromatic heterocycles. The number of allylic oxidation sites excluding steroid dienone is 5. The Hall–Kier alpha value is -3.53. The van der Waals surface area contributed by atoms with Crippen molar-refractivity contribution in [3.05, 3.63) is 102 Å². The molecule has 0 atom stereocenters. The lowest BCUT2D eigenvalue weighted by Gasteiger charge is -2.08. The summed E-state index contributed by atoms with van der Waals surface area (Å²) < 4.78 is 0. The second kappa shape index (κ2) is 9.60. The fourth-order valence-corrected chi connectivity index (χ4v) is 2.84. The Morgan fingerprint density at radius 2 is 1.66 bits per heavy atom. The van der Waals surface area contributed by atoms with Gasteiger partial charge in [-0.15, -0.1) is 0 Å². The molecule has 0 saturated heterocycles. The van der Waals surface area contributed by atoms with Crippen molar-refractivity contribution in [2.75, 3.05) is 5.32 Å². The van der Waals surface area contributed by atoms with E-state index in [1.807, 2.05) is 85.8 Å². The number of nitrogens with one attached hydrogen (secondary N) is 1. The number of amides is 1. The van der Waals surface area contributed by atoms with Crippen LogP contribution < -0.4 is 5.32 Å². The number of rotatable bonds is 5. The van der Waals surface area contributed by atoms with E-state index < -0.39 is 0 Å². The highest BCUT2D eigenvalue weighted by Gasteiger charge is 2.08. The van der Waals surface area contributed by atoms with Gasteiger partial charge in [0.2, 0.25) is 5.91 Å². The summed E-state index contributed by atoms with van der Waals surface area (Å²) in [7, 11) is 0. The Kier molecular flexibility index (Phi) is 6.69. The predicted octanol–water partition coefficient (Wildman–Crippen LogP) is 5.67. The summed E-state index contributed by atoms with van der Waals surface area (Å²) in [5, 5.41) is 11.6. The number of hydrogen-bond donors (Lipinski definition) is 1. The molecule has 0 aliphatic heterocycles. The zero-order chi connectivity index (χ0) is 20.6. The van der Waals surface area contributed by atoms with Crippen molar-refractivity contribution in [1.82, 2.24) is 0 Å². The largest absolute Gasteiger partial charge is 0.322 e. The zero-order valence-electron chi connectivity index (χ0n) is 17.0. The van der Waals surface area contributed by atoms with Crippen molar-refractivity contribution in [3.8, 4) is 0 Å². The fraction of sp³-hybridized carbons (Fsp3) is 0.160. The van der Waals surface area contributed by atoms with E-state index in [2.05, 4.69) is 29.4 Å². The third kappa shape index (κ3) is 5.72. The second-order valence-corrected chi connectivity index (χ2v) is 7.12. The van der Waals surface area contributed by atoms with Crippen molar-refractivity contribution in [1.29, 1.82) is 0 Å². The summed E-state index contributed by atoms with van der Waals surface area (Å²) in [5.74, 6) is 0.258. The first kappa shape index (κ1) is 20.2. The van der Waals surface area contributed by atoms with E-state index in [0.29, 0.717) is 17.2 Å². The predicted molar refractivity (Wildman–Crippen MR) is 122 cm³/mol. The van der Waals surface area contributed by atoms with E-state index >= 15 is 0 Å². The van der Waals surface area contributed by atoms with Gasteiger partial charge in [0.1, 0.15) is 0 Å². The average molecular weight is 383 g/mol.